The van der Waals surface area contributed by atoms with Gasteiger partial charge in [-0.15, -0.1) is 0 Å². The Morgan fingerprint density at radius 1 is 1.11 bits per heavy atom. The largest absolute Gasteiger partial charge is 0.432 e. The Kier molecular flexibility index (Phi) is 3.18. The molecule has 0 heterocycles. The van der Waals surface area contributed by atoms with Gasteiger partial charge in [0.1, 0.15) is 11.4 Å². The van der Waals surface area contributed by atoms with Crippen molar-refractivity contribution in [1.82, 2.24) is 0 Å². The average molecular weight is 266 g/mol. The van der Waals surface area contributed by atoms with E-state index in [4.69, 9.17) is 9.62 Å². The standard InChI is InChI=1S/C15H22O4/c1-9(18-10(2)16)8-15(19-17)13-4-11-3-12(6-13)7-14(15)5-11/h8,11-14,17H,3-7H2,1-2H3/b9-8+. The van der Waals surface area contributed by atoms with Gasteiger partial charge in [-0.1, -0.05) is 0 Å². The quantitative estimate of drug-likeness (QED) is 0.369. The number of carbonyl (C=O) groups excluding carboxylic acids is 1. The first-order valence-corrected chi connectivity index (χ1v) is 7.24. The van der Waals surface area contributed by atoms with Crippen molar-refractivity contribution in [2.45, 2.75) is 51.6 Å². The van der Waals surface area contributed by atoms with E-state index in [1.165, 1.54) is 13.3 Å². The summed E-state index contributed by atoms with van der Waals surface area (Å²) in [5, 5.41) is 9.55. The maximum atomic E-state index is 11.0. The van der Waals surface area contributed by atoms with Crippen LogP contribution in [0.25, 0.3) is 0 Å². The minimum Gasteiger partial charge on any atom is -0.432 e. The lowest BCUT2D eigenvalue weighted by Gasteiger charge is -2.58. The van der Waals surface area contributed by atoms with Gasteiger partial charge in [0.2, 0.25) is 0 Å². The third kappa shape index (κ3) is 2.11. The highest BCUT2D eigenvalue weighted by atomic mass is 17.1. The fourth-order valence-corrected chi connectivity index (χ4v) is 4.91. The van der Waals surface area contributed by atoms with E-state index in [0.29, 0.717) is 17.6 Å². The fraction of sp³-hybridized carbons (Fsp3) is 0.800. The van der Waals surface area contributed by atoms with E-state index in [2.05, 4.69) is 0 Å². The van der Waals surface area contributed by atoms with Gasteiger partial charge in [-0.05, 0) is 68.8 Å². The van der Waals surface area contributed by atoms with Crippen LogP contribution >= 0.6 is 0 Å². The van der Waals surface area contributed by atoms with Gasteiger partial charge in [-0.2, -0.15) is 0 Å². The smallest absolute Gasteiger partial charge is 0.307 e. The Bertz CT molecular complexity index is 384. The van der Waals surface area contributed by atoms with Gasteiger partial charge < -0.3 is 4.74 Å². The Hall–Kier alpha value is -0.870. The molecule has 0 aliphatic heterocycles. The van der Waals surface area contributed by atoms with E-state index in [0.717, 1.165) is 37.5 Å². The van der Waals surface area contributed by atoms with Gasteiger partial charge in [0.15, 0.2) is 0 Å². The molecular weight excluding hydrogens is 244 g/mol. The number of allylic oxidation sites excluding steroid dienone is 1. The molecule has 0 unspecified atom stereocenters. The topological polar surface area (TPSA) is 55.8 Å². The number of rotatable bonds is 3. The number of hydrogen-bond donors (Lipinski definition) is 1. The fourth-order valence-electron chi connectivity index (χ4n) is 4.91. The molecule has 4 aliphatic carbocycles. The molecule has 1 N–H and O–H groups in total. The first kappa shape index (κ1) is 13.1. The number of hydrogen-bond acceptors (Lipinski definition) is 4. The van der Waals surface area contributed by atoms with Crippen molar-refractivity contribution in [1.29, 1.82) is 0 Å². The molecule has 0 atom stereocenters. The lowest BCUT2D eigenvalue weighted by molar-refractivity contribution is -0.358. The Morgan fingerprint density at radius 3 is 2.05 bits per heavy atom. The summed E-state index contributed by atoms with van der Waals surface area (Å²) in [5.74, 6) is 2.53. The molecular formula is C15H22O4. The van der Waals surface area contributed by atoms with Gasteiger partial charge in [0.05, 0.1) is 0 Å². The molecule has 4 bridgehead atoms. The Labute approximate surface area is 113 Å². The van der Waals surface area contributed by atoms with E-state index in [-0.39, 0.29) is 5.97 Å². The van der Waals surface area contributed by atoms with Crippen LogP contribution in [0.2, 0.25) is 0 Å². The van der Waals surface area contributed by atoms with Gasteiger partial charge in [0.25, 0.3) is 0 Å². The Morgan fingerprint density at radius 2 is 1.63 bits per heavy atom. The molecule has 4 heteroatoms. The van der Waals surface area contributed by atoms with Crippen LogP contribution in [0, 0.1) is 23.7 Å². The third-order valence-electron chi connectivity index (χ3n) is 5.31. The van der Waals surface area contributed by atoms with Crippen molar-refractivity contribution < 1.29 is 19.7 Å². The van der Waals surface area contributed by atoms with Gasteiger partial charge in [-0.25, -0.2) is 4.89 Å². The molecule has 106 valence electrons. The van der Waals surface area contributed by atoms with Crippen molar-refractivity contribution in [2.75, 3.05) is 0 Å². The first-order chi connectivity index (χ1) is 9.03. The molecule has 19 heavy (non-hydrogen) atoms. The lowest BCUT2D eigenvalue weighted by Crippen LogP contribution is -2.57. The number of ether oxygens (including phenoxy) is 1. The van der Waals surface area contributed by atoms with Gasteiger partial charge in [-0.3, -0.25) is 10.1 Å². The van der Waals surface area contributed by atoms with Gasteiger partial charge >= 0.3 is 5.97 Å². The highest BCUT2D eigenvalue weighted by Crippen LogP contribution is 2.60. The third-order valence-corrected chi connectivity index (χ3v) is 5.31. The summed E-state index contributed by atoms with van der Waals surface area (Å²) in [6.07, 6.45) is 7.69. The second-order valence-electron chi connectivity index (χ2n) is 6.60. The maximum absolute atomic E-state index is 11.0. The summed E-state index contributed by atoms with van der Waals surface area (Å²) in [7, 11) is 0. The second kappa shape index (κ2) is 4.60. The van der Waals surface area contributed by atoms with Crippen LogP contribution in [0.15, 0.2) is 11.8 Å². The minimum absolute atomic E-state index is 0.328. The van der Waals surface area contributed by atoms with Crippen LogP contribution in [-0.4, -0.2) is 16.8 Å². The molecule has 0 saturated heterocycles. The van der Waals surface area contributed by atoms with Crippen molar-refractivity contribution in [3.05, 3.63) is 11.8 Å². The predicted octanol–water partition coefficient (Wildman–Crippen LogP) is 3.14. The summed E-state index contributed by atoms with van der Waals surface area (Å²) < 4.78 is 5.11. The molecule has 0 aromatic rings. The molecule has 4 fully saturated rings. The zero-order chi connectivity index (χ0) is 13.6. The summed E-state index contributed by atoms with van der Waals surface area (Å²) in [4.78, 5) is 16.0. The van der Waals surface area contributed by atoms with Gasteiger partial charge in [0, 0.05) is 6.92 Å². The normalized spacial score (nSPS) is 44.5. The van der Waals surface area contributed by atoms with E-state index in [9.17, 15) is 10.1 Å². The zero-order valence-electron chi connectivity index (χ0n) is 11.6. The molecule has 0 aromatic heterocycles. The summed E-state index contributed by atoms with van der Waals surface area (Å²) in [6, 6.07) is 0. The number of esters is 1. The highest BCUT2D eigenvalue weighted by molar-refractivity contribution is 5.67. The summed E-state index contributed by atoms with van der Waals surface area (Å²) >= 11 is 0. The van der Waals surface area contributed by atoms with Crippen LogP contribution in [-0.2, 0) is 14.4 Å². The van der Waals surface area contributed by atoms with E-state index in [1.54, 1.807) is 6.92 Å². The minimum atomic E-state index is -0.632. The van der Waals surface area contributed by atoms with Crippen molar-refractivity contribution in [2.24, 2.45) is 23.7 Å². The lowest BCUT2D eigenvalue weighted by atomic mass is 9.50. The zero-order valence-corrected chi connectivity index (χ0v) is 11.6. The van der Waals surface area contributed by atoms with E-state index >= 15 is 0 Å². The van der Waals surface area contributed by atoms with Crippen LogP contribution in [0.3, 0.4) is 0 Å². The summed E-state index contributed by atoms with van der Waals surface area (Å²) in [6.45, 7) is 3.15. The van der Waals surface area contributed by atoms with Crippen LogP contribution in [0.1, 0.15) is 46.0 Å². The van der Waals surface area contributed by atoms with E-state index < -0.39 is 5.60 Å². The second-order valence-corrected chi connectivity index (χ2v) is 6.60. The maximum Gasteiger partial charge on any atom is 0.307 e. The number of carbonyl (C=O) groups is 1. The summed E-state index contributed by atoms with van der Waals surface area (Å²) in [5.41, 5.74) is -0.632. The van der Waals surface area contributed by atoms with Crippen molar-refractivity contribution in [3.8, 4) is 0 Å². The van der Waals surface area contributed by atoms with E-state index in [1.807, 2.05) is 6.08 Å². The molecule has 0 radical (unpaired) electrons. The molecule has 4 saturated carbocycles. The monoisotopic (exact) mass is 266 g/mol. The molecule has 4 nitrogen and oxygen atoms in total. The average Bonchev–Trinajstić information content (AvgIpc) is 2.32. The predicted molar refractivity (Wildman–Crippen MR) is 69.0 cm³/mol. The van der Waals surface area contributed by atoms with Crippen molar-refractivity contribution in [3.63, 3.8) is 0 Å². The van der Waals surface area contributed by atoms with Crippen molar-refractivity contribution >= 4 is 5.97 Å². The van der Waals surface area contributed by atoms with Crippen LogP contribution in [0.4, 0.5) is 0 Å². The first-order valence-electron chi connectivity index (χ1n) is 7.24. The SMILES string of the molecule is CC(=O)O/C(C)=C/C1(OO)C2CC3CC(C2)CC1C3. The van der Waals surface area contributed by atoms with Crippen LogP contribution < -0.4 is 0 Å². The molecule has 4 aliphatic rings. The highest BCUT2D eigenvalue weighted by Gasteiger charge is 2.58. The Balaban J connectivity index is 1.88. The molecule has 0 aromatic carbocycles. The molecule has 0 spiro atoms. The molecule has 0 amide bonds. The van der Waals surface area contributed by atoms with Crippen LogP contribution in [0.5, 0.6) is 0 Å². The molecule has 4 rings (SSSR count).